The van der Waals surface area contributed by atoms with Gasteiger partial charge in [-0.15, -0.1) is 0 Å². The minimum Gasteiger partial charge on any atom is -0.368 e. The van der Waals surface area contributed by atoms with Crippen molar-refractivity contribution >= 4 is 38.9 Å². The fourth-order valence-corrected chi connectivity index (χ4v) is 4.60. The van der Waals surface area contributed by atoms with Gasteiger partial charge in [0.1, 0.15) is 0 Å². The second kappa shape index (κ2) is 8.95. The van der Waals surface area contributed by atoms with E-state index >= 15 is 0 Å². The predicted molar refractivity (Wildman–Crippen MR) is 121 cm³/mol. The maximum Gasteiger partial charge on any atom is 0.261 e. The van der Waals surface area contributed by atoms with Crippen LogP contribution in [0.4, 0.5) is 11.4 Å². The van der Waals surface area contributed by atoms with Crippen LogP contribution in [0.3, 0.4) is 0 Å². The number of carbonyl (C=O) groups excluding carboxylic acids is 1. The highest BCUT2D eigenvalue weighted by Crippen LogP contribution is 2.21. The van der Waals surface area contributed by atoms with Crippen LogP contribution in [0, 0.1) is 0 Å². The lowest BCUT2D eigenvalue weighted by molar-refractivity contribution is 0.0746. The lowest BCUT2D eigenvalue weighted by atomic mass is 10.1. The highest BCUT2D eigenvalue weighted by atomic mass is 35.5. The number of pyridine rings is 1. The van der Waals surface area contributed by atoms with Crippen molar-refractivity contribution in [3.05, 3.63) is 83.6 Å². The zero-order valence-corrected chi connectivity index (χ0v) is 18.2. The summed E-state index contributed by atoms with van der Waals surface area (Å²) in [5.74, 6) is -0.109. The zero-order valence-electron chi connectivity index (χ0n) is 16.6. The number of hydrogen-bond acceptors (Lipinski definition) is 5. The molecule has 1 aliphatic rings. The van der Waals surface area contributed by atoms with Gasteiger partial charge in [0.2, 0.25) is 0 Å². The van der Waals surface area contributed by atoms with Crippen LogP contribution in [0.15, 0.2) is 78.0 Å². The van der Waals surface area contributed by atoms with Gasteiger partial charge < -0.3 is 9.80 Å². The number of halogens is 1. The van der Waals surface area contributed by atoms with Crippen LogP contribution >= 0.6 is 11.6 Å². The molecular weight excluding hydrogens is 436 g/mol. The van der Waals surface area contributed by atoms with Crippen LogP contribution < -0.4 is 9.62 Å². The number of benzene rings is 2. The molecule has 1 fully saturated rings. The number of anilines is 2. The van der Waals surface area contributed by atoms with E-state index in [0.29, 0.717) is 29.4 Å². The molecule has 3 aromatic rings. The molecule has 1 N–H and O–H groups in total. The maximum atomic E-state index is 12.9. The summed E-state index contributed by atoms with van der Waals surface area (Å²) in [6.45, 7) is 2.61. The summed E-state index contributed by atoms with van der Waals surface area (Å²) >= 11 is 5.95. The molecule has 1 amide bonds. The normalized spacial score (nSPS) is 14.4. The Hall–Kier alpha value is -3.10. The number of nitrogens with one attached hydrogen (secondary N) is 1. The quantitative estimate of drug-likeness (QED) is 0.635. The molecule has 0 bridgehead atoms. The van der Waals surface area contributed by atoms with Crippen molar-refractivity contribution < 1.29 is 13.2 Å². The largest absolute Gasteiger partial charge is 0.368 e. The van der Waals surface area contributed by atoms with Gasteiger partial charge in [0.25, 0.3) is 15.9 Å². The van der Waals surface area contributed by atoms with E-state index in [0.717, 1.165) is 18.8 Å². The van der Waals surface area contributed by atoms with Gasteiger partial charge in [-0.05, 0) is 60.7 Å². The summed E-state index contributed by atoms with van der Waals surface area (Å²) in [6.07, 6.45) is 3.01. The fraction of sp³-hybridized carbons (Fsp3) is 0.182. The van der Waals surface area contributed by atoms with Gasteiger partial charge in [-0.25, -0.2) is 8.42 Å². The second-order valence-electron chi connectivity index (χ2n) is 7.12. The van der Waals surface area contributed by atoms with Crippen molar-refractivity contribution in [2.75, 3.05) is 35.8 Å². The van der Waals surface area contributed by atoms with Crippen molar-refractivity contribution in [2.45, 2.75) is 4.90 Å². The average molecular weight is 457 g/mol. The molecule has 1 aliphatic heterocycles. The Balaban J connectivity index is 1.39. The molecule has 0 spiro atoms. The number of hydrogen-bond donors (Lipinski definition) is 1. The first-order valence-electron chi connectivity index (χ1n) is 9.75. The third kappa shape index (κ3) is 4.98. The molecule has 1 saturated heterocycles. The zero-order chi connectivity index (χ0) is 21.8. The molecule has 0 aliphatic carbocycles. The molecular formula is C22H21ClN4O3S. The van der Waals surface area contributed by atoms with E-state index < -0.39 is 10.0 Å². The van der Waals surface area contributed by atoms with Crippen LogP contribution in [0.2, 0.25) is 5.02 Å². The standard InChI is InChI=1S/C22H21ClN4O3S/c23-18-3-5-20(6-4-18)26-13-15-27(16-14-26)22(28)17-1-7-21(8-2-17)31(29,30)25-19-9-11-24-12-10-19/h1-12H,13-16H2,(H,24,25). The number of piperazine rings is 1. The molecule has 0 saturated carbocycles. The number of nitrogens with zero attached hydrogens (tertiary/aromatic N) is 3. The Morgan fingerprint density at radius 3 is 2.10 bits per heavy atom. The molecule has 0 atom stereocenters. The van der Waals surface area contributed by atoms with Gasteiger partial charge >= 0.3 is 0 Å². The van der Waals surface area contributed by atoms with Crippen molar-refractivity contribution in [1.82, 2.24) is 9.88 Å². The molecule has 2 heterocycles. The van der Waals surface area contributed by atoms with Gasteiger partial charge in [-0.1, -0.05) is 11.6 Å². The van der Waals surface area contributed by atoms with Crippen molar-refractivity contribution in [1.29, 1.82) is 0 Å². The Morgan fingerprint density at radius 1 is 0.871 bits per heavy atom. The highest BCUT2D eigenvalue weighted by Gasteiger charge is 2.23. The van der Waals surface area contributed by atoms with E-state index in [9.17, 15) is 13.2 Å². The third-order valence-corrected chi connectivity index (χ3v) is 6.75. The van der Waals surface area contributed by atoms with Crippen LogP contribution in [0.25, 0.3) is 0 Å². The van der Waals surface area contributed by atoms with E-state index in [1.807, 2.05) is 24.3 Å². The van der Waals surface area contributed by atoms with E-state index in [4.69, 9.17) is 11.6 Å². The van der Waals surface area contributed by atoms with Crippen molar-refractivity contribution in [3.8, 4) is 0 Å². The highest BCUT2D eigenvalue weighted by molar-refractivity contribution is 7.92. The third-order valence-electron chi connectivity index (χ3n) is 5.10. The van der Waals surface area contributed by atoms with E-state index in [2.05, 4.69) is 14.6 Å². The minimum atomic E-state index is -3.74. The number of sulfonamides is 1. The molecule has 1 aromatic heterocycles. The smallest absolute Gasteiger partial charge is 0.261 e. The predicted octanol–water partition coefficient (Wildman–Crippen LogP) is 3.50. The molecule has 31 heavy (non-hydrogen) atoms. The van der Waals surface area contributed by atoms with E-state index in [-0.39, 0.29) is 10.8 Å². The Morgan fingerprint density at radius 2 is 1.48 bits per heavy atom. The molecule has 2 aromatic carbocycles. The fourth-order valence-electron chi connectivity index (χ4n) is 3.41. The first-order valence-corrected chi connectivity index (χ1v) is 11.6. The Bertz CT molecular complexity index is 1150. The molecule has 7 nitrogen and oxygen atoms in total. The molecule has 0 unspecified atom stereocenters. The first kappa shape index (κ1) is 21.1. The van der Waals surface area contributed by atoms with Gasteiger partial charge in [-0.2, -0.15) is 0 Å². The van der Waals surface area contributed by atoms with Crippen LogP contribution in [-0.4, -0.2) is 50.4 Å². The van der Waals surface area contributed by atoms with Crippen molar-refractivity contribution in [3.63, 3.8) is 0 Å². The average Bonchev–Trinajstić information content (AvgIpc) is 2.80. The van der Waals surface area contributed by atoms with Crippen LogP contribution in [-0.2, 0) is 10.0 Å². The maximum absolute atomic E-state index is 12.9. The van der Waals surface area contributed by atoms with Crippen LogP contribution in [0.5, 0.6) is 0 Å². The van der Waals surface area contributed by atoms with Gasteiger partial charge in [0.05, 0.1) is 10.6 Å². The first-order chi connectivity index (χ1) is 14.9. The van der Waals surface area contributed by atoms with Gasteiger partial charge in [0.15, 0.2) is 0 Å². The number of amides is 1. The van der Waals surface area contributed by atoms with Gasteiger partial charge in [0, 0.05) is 54.8 Å². The minimum absolute atomic E-state index is 0.0911. The topological polar surface area (TPSA) is 82.6 Å². The summed E-state index contributed by atoms with van der Waals surface area (Å²) in [4.78, 5) is 20.8. The van der Waals surface area contributed by atoms with Gasteiger partial charge in [-0.3, -0.25) is 14.5 Å². The van der Waals surface area contributed by atoms with E-state index in [1.54, 1.807) is 29.2 Å². The lowest BCUT2D eigenvalue weighted by Gasteiger charge is -2.36. The SMILES string of the molecule is O=C(c1ccc(S(=O)(=O)Nc2ccncc2)cc1)N1CCN(c2ccc(Cl)cc2)CC1. The molecule has 9 heteroatoms. The van der Waals surface area contributed by atoms with E-state index in [1.165, 1.54) is 24.5 Å². The number of rotatable bonds is 5. The Kier molecular flexibility index (Phi) is 6.11. The Labute approximate surface area is 186 Å². The summed E-state index contributed by atoms with van der Waals surface area (Å²) in [5, 5.41) is 0.694. The molecule has 0 radical (unpaired) electrons. The number of carbonyl (C=O) groups is 1. The summed E-state index contributed by atoms with van der Waals surface area (Å²) in [6, 6.07) is 16.8. The molecule has 160 valence electrons. The van der Waals surface area contributed by atoms with Crippen LogP contribution in [0.1, 0.15) is 10.4 Å². The number of aromatic nitrogens is 1. The van der Waals surface area contributed by atoms with Crippen molar-refractivity contribution in [2.24, 2.45) is 0 Å². The second-order valence-corrected chi connectivity index (χ2v) is 9.24. The lowest BCUT2D eigenvalue weighted by Crippen LogP contribution is -2.48. The monoisotopic (exact) mass is 456 g/mol. The molecule has 4 rings (SSSR count). The summed E-state index contributed by atoms with van der Waals surface area (Å²) < 4.78 is 27.6. The summed E-state index contributed by atoms with van der Waals surface area (Å²) in [7, 11) is -3.74. The summed E-state index contributed by atoms with van der Waals surface area (Å²) in [5.41, 5.74) is 1.96.